The number of benzene rings is 1. The molecule has 0 saturated heterocycles. The second kappa shape index (κ2) is 3.88. The molecule has 1 aromatic rings. The molecule has 1 aromatic carbocycles. The van der Waals surface area contributed by atoms with Crippen molar-refractivity contribution in [3.05, 3.63) is 28.3 Å². The van der Waals surface area contributed by atoms with E-state index in [0.29, 0.717) is 16.3 Å². The van der Waals surface area contributed by atoms with Gasteiger partial charge in [0.05, 0.1) is 0 Å². The minimum atomic E-state index is -0.0864. The molecule has 4 heteroatoms. The van der Waals surface area contributed by atoms with Crippen LogP contribution in [0.25, 0.3) is 0 Å². The minimum Gasteiger partial charge on any atom is -0.398 e. The highest BCUT2D eigenvalue weighted by atomic mass is 35.5. The van der Waals surface area contributed by atoms with E-state index in [0.717, 1.165) is 5.56 Å². The van der Waals surface area contributed by atoms with Crippen LogP contribution in [-0.2, 0) is 0 Å². The molecule has 0 spiro atoms. The third kappa shape index (κ3) is 1.99. The summed E-state index contributed by atoms with van der Waals surface area (Å²) in [6.45, 7) is 1.81. The molecule has 1 rings (SSSR count). The van der Waals surface area contributed by atoms with Crippen LogP contribution in [0.4, 0.5) is 5.69 Å². The Kier molecular flexibility index (Phi) is 3.01. The Hall–Kier alpha value is -1.22. The van der Waals surface area contributed by atoms with Crippen LogP contribution in [0.2, 0.25) is 5.02 Å². The van der Waals surface area contributed by atoms with E-state index < -0.39 is 0 Å². The Labute approximate surface area is 88.5 Å². The predicted molar refractivity (Wildman–Crippen MR) is 58.6 cm³/mol. The van der Waals surface area contributed by atoms with E-state index in [1.54, 1.807) is 26.2 Å². The van der Waals surface area contributed by atoms with Crippen molar-refractivity contribution in [1.29, 1.82) is 0 Å². The molecule has 76 valence electrons. The van der Waals surface area contributed by atoms with Crippen molar-refractivity contribution in [2.75, 3.05) is 19.8 Å². The van der Waals surface area contributed by atoms with Gasteiger partial charge in [-0.25, -0.2) is 0 Å². The zero-order valence-electron chi connectivity index (χ0n) is 8.47. The molecular formula is C10H13ClN2O. The smallest absolute Gasteiger partial charge is 0.253 e. The number of hydrogen-bond acceptors (Lipinski definition) is 2. The van der Waals surface area contributed by atoms with Crippen LogP contribution in [0.5, 0.6) is 0 Å². The normalized spacial score (nSPS) is 10.0. The fourth-order valence-corrected chi connectivity index (χ4v) is 1.39. The SMILES string of the molecule is Cc1c(N)cc(Cl)cc1C(=O)N(C)C. The first-order chi connectivity index (χ1) is 6.43. The standard InChI is InChI=1S/C10H13ClN2O/c1-6-8(10(14)13(2)3)4-7(11)5-9(6)12/h4-5H,12H2,1-3H3. The van der Waals surface area contributed by atoms with Gasteiger partial charge in [0, 0.05) is 30.4 Å². The third-order valence-electron chi connectivity index (χ3n) is 2.05. The van der Waals surface area contributed by atoms with Gasteiger partial charge in [-0.15, -0.1) is 0 Å². The van der Waals surface area contributed by atoms with Gasteiger partial charge < -0.3 is 10.6 Å². The van der Waals surface area contributed by atoms with Gasteiger partial charge in [-0.1, -0.05) is 11.6 Å². The van der Waals surface area contributed by atoms with Crippen LogP contribution in [0.15, 0.2) is 12.1 Å². The number of carbonyl (C=O) groups excluding carboxylic acids is 1. The highest BCUT2D eigenvalue weighted by Gasteiger charge is 2.13. The molecule has 0 aliphatic heterocycles. The van der Waals surface area contributed by atoms with Crippen LogP contribution >= 0.6 is 11.6 Å². The van der Waals surface area contributed by atoms with Crippen LogP contribution in [0.3, 0.4) is 0 Å². The Morgan fingerprint density at radius 2 is 2.00 bits per heavy atom. The number of anilines is 1. The van der Waals surface area contributed by atoms with Crippen LogP contribution in [0.1, 0.15) is 15.9 Å². The van der Waals surface area contributed by atoms with E-state index in [1.807, 2.05) is 6.92 Å². The Bertz CT molecular complexity index is 375. The summed E-state index contributed by atoms with van der Waals surface area (Å²) in [5.74, 6) is -0.0864. The van der Waals surface area contributed by atoms with E-state index in [9.17, 15) is 4.79 Å². The molecule has 14 heavy (non-hydrogen) atoms. The van der Waals surface area contributed by atoms with E-state index >= 15 is 0 Å². The highest BCUT2D eigenvalue weighted by Crippen LogP contribution is 2.22. The summed E-state index contributed by atoms with van der Waals surface area (Å²) in [5, 5.41) is 0.485. The zero-order chi connectivity index (χ0) is 10.9. The maximum absolute atomic E-state index is 11.7. The zero-order valence-corrected chi connectivity index (χ0v) is 9.22. The summed E-state index contributed by atoms with van der Waals surface area (Å²) >= 11 is 5.82. The lowest BCUT2D eigenvalue weighted by molar-refractivity contribution is 0.0827. The quantitative estimate of drug-likeness (QED) is 0.724. The third-order valence-corrected chi connectivity index (χ3v) is 2.27. The van der Waals surface area contributed by atoms with Gasteiger partial charge in [0.15, 0.2) is 0 Å². The van der Waals surface area contributed by atoms with Gasteiger partial charge in [-0.3, -0.25) is 4.79 Å². The lowest BCUT2D eigenvalue weighted by atomic mass is 10.1. The number of nitrogens with two attached hydrogens (primary N) is 1. The van der Waals surface area contributed by atoms with Crippen LogP contribution in [-0.4, -0.2) is 24.9 Å². The van der Waals surface area contributed by atoms with Crippen LogP contribution in [0, 0.1) is 6.92 Å². The molecular weight excluding hydrogens is 200 g/mol. The second-order valence-corrected chi connectivity index (χ2v) is 3.80. The maximum Gasteiger partial charge on any atom is 0.253 e. The van der Waals surface area contributed by atoms with Crippen molar-refractivity contribution in [2.45, 2.75) is 6.92 Å². The van der Waals surface area contributed by atoms with Gasteiger partial charge in [0.25, 0.3) is 5.91 Å². The van der Waals surface area contributed by atoms with Crippen molar-refractivity contribution in [3.8, 4) is 0 Å². The second-order valence-electron chi connectivity index (χ2n) is 3.37. The largest absolute Gasteiger partial charge is 0.398 e. The van der Waals surface area contributed by atoms with Gasteiger partial charge in [0.2, 0.25) is 0 Å². The molecule has 0 aliphatic carbocycles. The predicted octanol–water partition coefficient (Wildman–Crippen LogP) is 1.93. The van der Waals surface area contributed by atoms with Crippen molar-refractivity contribution in [2.24, 2.45) is 0 Å². The number of hydrogen-bond donors (Lipinski definition) is 1. The summed E-state index contributed by atoms with van der Waals surface area (Å²) in [6, 6.07) is 3.28. The van der Waals surface area contributed by atoms with E-state index in [2.05, 4.69) is 0 Å². The van der Waals surface area contributed by atoms with Crippen molar-refractivity contribution in [3.63, 3.8) is 0 Å². The van der Waals surface area contributed by atoms with Gasteiger partial charge in [-0.05, 0) is 24.6 Å². The molecule has 0 aliphatic rings. The van der Waals surface area contributed by atoms with Crippen molar-refractivity contribution < 1.29 is 4.79 Å². The number of halogens is 1. The number of amides is 1. The van der Waals surface area contributed by atoms with Crippen LogP contribution < -0.4 is 5.73 Å². The number of nitrogens with zero attached hydrogens (tertiary/aromatic N) is 1. The fraction of sp³-hybridized carbons (Fsp3) is 0.300. The number of nitrogen functional groups attached to an aromatic ring is 1. The summed E-state index contributed by atoms with van der Waals surface area (Å²) in [6.07, 6.45) is 0. The van der Waals surface area contributed by atoms with Gasteiger partial charge >= 0.3 is 0 Å². The molecule has 0 unspecified atom stereocenters. The van der Waals surface area contributed by atoms with E-state index in [4.69, 9.17) is 17.3 Å². The summed E-state index contributed by atoms with van der Waals surface area (Å²) in [7, 11) is 3.39. The lowest BCUT2D eigenvalue weighted by Gasteiger charge is -2.13. The average Bonchev–Trinajstić information content (AvgIpc) is 2.09. The number of carbonyl (C=O) groups is 1. The molecule has 0 bridgehead atoms. The molecule has 0 atom stereocenters. The maximum atomic E-state index is 11.7. The molecule has 0 fully saturated rings. The van der Waals surface area contributed by atoms with Gasteiger partial charge in [-0.2, -0.15) is 0 Å². The number of rotatable bonds is 1. The Morgan fingerprint density at radius 3 is 2.50 bits per heavy atom. The molecule has 3 nitrogen and oxygen atoms in total. The highest BCUT2D eigenvalue weighted by molar-refractivity contribution is 6.31. The molecule has 0 heterocycles. The lowest BCUT2D eigenvalue weighted by Crippen LogP contribution is -2.22. The molecule has 0 radical (unpaired) electrons. The Morgan fingerprint density at radius 1 is 1.43 bits per heavy atom. The minimum absolute atomic E-state index is 0.0864. The molecule has 2 N–H and O–H groups in total. The van der Waals surface area contributed by atoms with Crippen molar-refractivity contribution in [1.82, 2.24) is 4.90 Å². The average molecular weight is 213 g/mol. The topological polar surface area (TPSA) is 46.3 Å². The van der Waals surface area contributed by atoms with E-state index in [-0.39, 0.29) is 5.91 Å². The fourth-order valence-electron chi connectivity index (χ4n) is 1.16. The molecule has 0 aromatic heterocycles. The monoisotopic (exact) mass is 212 g/mol. The first-order valence-corrected chi connectivity index (χ1v) is 4.58. The molecule has 1 amide bonds. The molecule has 0 saturated carbocycles. The van der Waals surface area contributed by atoms with Gasteiger partial charge in [0.1, 0.15) is 0 Å². The van der Waals surface area contributed by atoms with E-state index in [1.165, 1.54) is 4.90 Å². The first-order valence-electron chi connectivity index (χ1n) is 4.20. The summed E-state index contributed by atoms with van der Waals surface area (Å²) < 4.78 is 0. The summed E-state index contributed by atoms with van der Waals surface area (Å²) in [5.41, 5.74) is 7.58. The summed E-state index contributed by atoms with van der Waals surface area (Å²) in [4.78, 5) is 13.2. The first kappa shape index (κ1) is 10.9. The Balaban J connectivity index is 3.27. The van der Waals surface area contributed by atoms with Crippen molar-refractivity contribution >= 4 is 23.2 Å².